The molecule has 0 spiro atoms. The van der Waals surface area contributed by atoms with Crippen LogP contribution in [0.4, 0.5) is 0 Å². The zero-order valence-electron chi connectivity index (χ0n) is 30.7. The fourth-order valence-electron chi connectivity index (χ4n) is 5.97. The Morgan fingerprint density at radius 1 is 0.600 bits per heavy atom. The molecule has 0 bridgehead atoms. The van der Waals surface area contributed by atoms with E-state index in [9.17, 15) is 15.0 Å². The van der Waals surface area contributed by atoms with Crippen LogP contribution >= 0.6 is 0 Å². The van der Waals surface area contributed by atoms with E-state index in [2.05, 4.69) is 13.8 Å². The van der Waals surface area contributed by atoms with Crippen molar-refractivity contribution in [3.63, 3.8) is 0 Å². The maximum Gasteiger partial charge on any atom is 0.222 e. The number of rotatable bonds is 36. The molecule has 2 atom stereocenters. The summed E-state index contributed by atoms with van der Waals surface area (Å²) in [7, 11) is 0. The summed E-state index contributed by atoms with van der Waals surface area (Å²) in [6, 6.07) is 0.0740. The average Bonchev–Trinajstić information content (AvgIpc) is 3.03. The smallest absolute Gasteiger partial charge is 0.222 e. The fraction of sp³-hybridized carbons (Fsp3) is 0.974. The third-order valence-corrected chi connectivity index (χ3v) is 9.02. The SMILES string of the molecule is CCCCCCCCCCCCCCCCOCC(CN(C(=O)CCCCCCCCCCCCC)C(C)C)OCC(O)CO. The van der Waals surface area contributed by atoms with Crippen LogP contribution in [0.15, 0.2) is 0 Å². The second kappa shape index (κ2) is 34.6. The second-order valence-electron chi connectivity index (χ2n) is 13.9. The van der Waals surface area contributed by atoms with E-state index in [1.165, 1.54) is 141 Å². The van der Waals surface area contributed by atoms with Gasteiger partial charge in [-0.25, -0.2) is 0 Å². The Hall–Kier alpha value is -0.690. The quantitative estimate of drug-likeness (QED) is 0.0666. The lowest BCUT2D eigenvalue weighted by Gasteiger charge is -2.31. The molecule has 0 fully saturated rings. The third-order valence-electron chi connectivity index (χ3n) is 9.02. The number of carbonyl (C=O) groups excluding carboxylic acids is 1. The Morgan fingerprint density at radius 3 is 1.40 bits per heavy atom. The van der Waals surface area contributed by atoms with Gasteiger partial charge >= 0.3 is 0 Å². The van der Waals surface area contributed by atoms with Gasteiger partial charge in [0.15, 0.2) is 0 Å². The molecule has 0 aliphatic rings. The van der Waals surface area contributed by atoms with E-state index in [0.717, 1.165) is 19.3 Å². The van der Waals surface area contributed by atoms with E-state index in [0.29, 0.717) is 26.2 Å². The van der Waals surface area contributed by atoms with Crippen molar-refractivity contribution < 1.29 is 24.5 Å². The Balaban J connectivity index is 4.17. The standard InChI is InChI=1S/C39H79NO5/c1-5-7-9-11-13-15-17-18-19-21-23-25-27-29-31-44-35-38(45-34-37(42)33-41)32-40(36(3)4)39(43)30-28-26-24-22-20-16-14-12-10-8-6-2/h36-38,41-42H,5-35H2,1-4H3. The summed E-state index contributed by atoms with van der Waals surface area (Å²) in [5.74, 6) is 0.171. The molecule has 0 saturated heterocycles. The van der Waals surface area contributed by atoms with Gasteiger partial charge in [-0.2, -0.15) is 0 Å². The van der Waals surface area contributed by atoms with E-state index in [-0.39, 0.29) is 31.3 Å². The molecule has 2 unspecified atom stereocenters. The zero-order valence-corrected chi connectivity index (χ0v) is 30.7. The van der Waals surface area contributed by atoms with Crippen molar-refractivity contribution in [3.8, 4) is 0 Å². The molecule has 0 aromatic carbocycles. The van der Waals surface area contributed by atoms with Crippen LogP contribution in [0, 0.1) is 0 Å². The van der Waals surface area contributed by atoms with Crippen LogP contribution in [0.25, 0.3) is 0 Å². The van der Waals surface area contributed by atoms with Gasteiger partial charge in [0.05, 0.1) is 25.9 Å². The van der Waals surface area contributed by atoms with Crippen molar-refractivity contribution >= 4 is 5.91 Å². The summed E-state index contributed by atoms with van der Waals surface area (Å²) in [4.78, 5) is 15.0. The van der Waals surface area contributed by atoms with Crippen LogP contribution in [0.1, 0.15) is 195 Å². The van der Waals surface area contributed by atoms with Gasteiger partial charge in [-0.3, -0.25) is 4.79 Å². The van der Waals surface area contributed by atoms with Crippen molar-refractivity contribution in [3.05, 3.63) is 0 Å². The number of unbranched alkanes of at least 4 members (excludes halogenated alkanes) is 23. The van der Waals surface area contributed by atoms with Crippen LogP contribution in [-0.2, 0) is 14.3 Å². The number of hydrogen-bond acceptors (Lipinski definition) is 5. The Bertz CT molecular complexity index is 602. The summed E-state index contributed by atoms with van der Waals surface area (Å²) < 4.78 is 11.9. The highest BCUT2D eigenvalue weighted by Crippen LogP contribution is 2.15. The lowest BCUT2D eigenvalue weighted by Crippen LogP contribution is -2.45. The highest BCUT2D eigenvalue weighted by molar-refractivity contribution is 5.76. The topological polar surface area (TPSA) is 79.2 Å². The molecule has 0 heterocycles. The summed E-state index contributed by atoms with van der Waals surface area (Å²) >= 11 is 0. The number of hydrogen-bond donors (Lipinski definition) is 2. The van der Waals surface area contributed by atoms with Crippen LogP contribution in [0.5, 0.6) is 0 Å². The first-order chi connectivity index (χ1) is 22.0. The molecule has 45 heavy (non-hydrogen) atoms. The maximum absolute atomic E-state index is 13.1. The summed E-state index contributed by atoms with van der Waals surface area (Å²) in [5, 5.41) is 19.1. The molecule has 2 N–H and O–H groups in total. The van der Waals surface area contributed by atoms with E-state index < -0.39 is 6.10 Å². The molecule has 6 nitrogen and oxygen atoms in total. The van der Waals surface area contributed by atoms with Gasteiger partial charge in [0.25, 0.3) is 0 Å². The van der Waals surface area contributed by atoms with Crippen LogP contribution in [0.2, 0.25) is 0 Å². The van der Waals surface area contributed by atoms with Crippen molar-refractivity contribution in [2.24, 2.45) is 0 Å². The Morgan fingerprint density at radius 2 is 1.00 bits per heavy atom. The number of amides is 1. The summed E-state index contributed by atoms with van der Waals surface area (Å²) in [6.07, 6.45) is 32.0. The Kier molecular flexibility index (Phi) is 34.1. The Labute approximate surface area is 280 Å². The minimum atomic E-state index is -0.919. The van der Waals surface area contributed by atoms with Crippen molar-refractivity contribution in [1.29, 1.82) is 0 Å². The third kappa shape index (κ3) is 30.4. The van der Waals surface area contributed by atoms with E-state index in [1.54, 1.807) is 0 Å². The van der Waals surface area contributed by atoms with E-state index in [1.807, 2.05) is 18.7 Å². The lowest BCUT2D eigenvalue weighted by molar-refractivity contribution is -0.137. The average molecular weight is 642 g/mol. The summed E-state index contributed by atoms with van der Waals surface area (Å²) in [5.41, 5.74) is 0. The molecule has 1 amide bonds. The van der Waals surface area contributed by atoms with Gasteiger partial charge in [-0.1, -0.05) is 162 Å². The molecule has 270 valence electrons. The summed E-state index contributed by atoms with van der Waals surface area (Å²) in [6.45, 7) is 9.88. The molecule has 0 aliphatic carbocycles. The maximum atomic E-state index is 13.1. The fourth-order valence-corrected chi connectivity index (χ4v) is 5.97. The second-order valence-corrected chi connectivity index (χ2v) is 13.9. The van der Waals surface area contributed by atoms with E-state index in [4.69, 9.17) is 9.47 Å². The molecule has 0 aromatic heterocycles. The first kappa shape index (κ1) is 44.3. The number of aliphatic hydroxyl groups excluding tert-OH is 2. The van der Waals surface area contributed by atoms with Gasteiger partial charge in [-0.05, 0) is 26.7 Å². The van der Waals surface area contributed by atoms with Crippen molar-refractivity contribution in [2.75, 3.05) is 33.0 Å². The normalized spacial score (nSPS) is 13.0. The van der Waals surface area contributed by atoms with Gasteiger partial charge in [0.1, 0.15) is 6.10 Å². The molecule has 0 aromatic rings. The van der Waals surface area contributed by atoms with Crippen molar-refractivity contribution in [2.45, 2.75) is 213 Å². The molecule has 0 saturated carbocycles. The van der Waals surface area contributed by atoms with E-state index >= 15 is 0 Å². The molecule has 0 radical (unpaired) electrons. The zero-order chi connectivity index (χ0) is 33.2. The number of aliphatic hydroxyl groups is 2. The first-order valence-electron chi connectivity index (χ1n) is 19.7. The predicted octanol–water partition coefficient (Wildman–Crippen LogP) is 10.2. The number of nitrogens with zero attached hydrogens (tertiary/aromatic N) is 1. The van der Waals surface area contributed by atoms with Crippen LogP contribution in [0.3, 0.4) is 0 Å². The number of carbonyl (C=O) groups is 1. The monoisotopic (exact) mass is 642 g/mol. The van der Waals surface area contributed by atoms with Crippen LogP contribution in [-0.4, -0.2) is 72.2 Å². The molecular weight excluding hydrogens is 562 g/mol. The predicted molar refractivity (Wildman–Crippen MR) is 192 cm³/mol. The van der Waals surface area contributed by atoms with Gasteiger partial charge in [0.2, 0.25) is 5.91 Å². The minimum absolute atomic E-state index is 0.0438. The molecule has 6 heteroatoms. The highest BCUT2D eigenvalue weighted by atomic mass is 16.5. The van der Waals surface area contributed by atoms with Gasteiger partial charge in [0, 0.05) is 25.6 Å². The van der Waals surface area contributed by atoms with Gasteiger partial charge in [-0.15, -0.1) is 0 Å². The molecule has 0 aliphatic heterocycles. The van der Waals surface area contributed by atoms with Crippen molar-refractivity contribution in [1.82, 2.24) is 4.90 Å². The largest absolute Gasteiger partial charge is 0.394 e. The lowest BCUT2D eigenvalue weighted by atomic mass is 10.0. The minimum Gasteiger partial charge on any atom is -0.394 e. The number of ether oxygens (including phenoxy) is 2. The van der Waals surface area contributed by atoms with Crippen LogP contribution < -0.4 is 0 Å². The molecule has 0 rings (SSSR count). The highest BCUT2D eigenvalue weighted by Gasteiger charge is 2.23. The molecular formula is C39H79NO5. The van der Waals surface area contributed by atoms with Gasteiger partial charge < -0.3 is 24.6 Å². The first-order valence-corrected chi connectivity index (χ1v) is 19.7.